The number of hydrogen-bond acceptors (Lipinski definition) is 2. The minimum atomic E-state index is -0.210. The lowest BCUT2D eigenvalue weighted by atomic mass is 9.94. The molecular weight excluding hydrogens is 332 g/mol. The maximum atomic E-state index is 13.3. The fourth-order valence-corrected chi connectivity index (χ4v) is 3.30. The minimum Gasteiger partial charge on any atom is -0.336 e. The monoisotopic (exact) mass is 352 g/mol. The molecule has 0 saturated carbocycles. The van der Waals surface area contributed by atoms with E-state index in [-0.39, 0.29) is 5.56 Å². The molecule has 0 aliphatic rings. The smallest absolute Gasteiger partial charge is 0.277 e. The van der Waals surface area contributed by atoms with E-state index in [1.807, 2.05) is 97.9 Å². The van der Waals surface area contributed by atoms with Gasteiger partial charge in [0, 0.05) is 5.56 Å². The minimum absolute atomic E-state index is 0.210. The summed E-state index contributed by atoms with van der Waals surface area (Å²) in [5.41, 5.74) is 5.89. The molecule has 0 bridgehead atoms. The molecule has 2 N–H and O–H groups in total. The summed E-state index contributed by atoms with van der Waals surface area (Å²) in [6.07, 6.45) is 0. The molecule has 132 valence electrons. The van der Waals surface area contributed by atoms with E-state index >= 15 is 0 Å². The summed E-state index contributed by atoms with van der Waals surface area (Å²) in [6, 6.07) is 29.7. The van der Waals surface area contributed by atoms with E-state index in [4.69, 9.17) is 5.84 Å². The maximum absolute atomic E-state index is 13.3. The molecule has 0 aliphatic heterocycles. The van der Waals surface area contributed by atoms with Crippen molar-refractivity contribution in [2.75, 3.05) is 5.84 Å². The second-order valence-corrected chi connectivity index (χ2v) is 6.59. The zero-order valence-corrected chi connectivity index (χ0v) is 15.1. The van der Waals surface area contributed by atoms with Gasteiger partial charge in [-0.3, -0.25) is 4.79 Å². The number of hydrogen-bond donors (Lipinski definition) is 1. The highest BCUT2D eigenvalue weighted by atomic mass is 16.1. The van der Waals surface area contributed by atoms with Gasteiger partial charge < -0.3 is 5.84 Å². The highest BCUT2D eigenvalue weighted by Crippen LogP contribution is 2.32. The molecular formula is C24H20N2O. The van der Waals surface area contributed by atoms with Crippen molar-refractivity contribution in [3.63, 3.8) is 0 Å². The fourth-order valence-electron chi connectivity index (χ4n) is 3.30. The number of pyridine rings is 1. The molecule has 1 heterocycles. The normalized spacial score (nSPS) is 10.7. The molecule has 0 unspecified atom stereocenters. The van der Waals surface area contributed by atoms with Crippen LogP contribution in [-0.4, -0.2) is 4.68 Å². The standard InChI is InChI=1S/C24H20N2O/c1-17-12-14-19(15-13-17)22-16-21(18-8-4-2-5-9-18)23(24(27)26(22)25)20-10-6-3-7-11-20/h2-16H,25H2,1H3. The van der Waals surface area contributed by atoms with Gasteiger partial charge in [-0.25, -0.2) is 4.68 Å². The number of aromatic nitrogens is 1. The van der Waals surface area contributed by atoms with Crippen molar-refractivity contribution >= 4 is 0 Å². The highest BCUT2D eigenvalue weighted by molar-refractivity contribution is 5.85. The van der Waals surface area contributed by atoms with Gasteiger partial charge >= 0.3 is 0 Å². The Kier molecular flexibility index (Phi) is 4.35. The van der Waals surface area contributed by atoms with Gasteiger partial charge in [0.2, 0.25) is 0 Å². The number of rotatable bonds is 3. The molecule has 4 aromatic rings. The first-order valence-corrected chi connectivity index (χ1v) is 8.88. The van der Waals surface area contributed by atoms with Crippen molar-refractivity contribution in [1.82, 2.24) is 4.68 Å². The molecule has 0 fully saturated rings. The van der Waals surface area contributed by atoms with Crippen LogP contribution in [0.5, 0.6) is 0 Å². The summed E-state index contributed by atoms with van der Waals surface area (Å²) >= 11 is 0. The van der Waals surface area contributed by atoms with Crippen LogP contribution in [0, 0.1) is 6.92 Å². The van der Waals surface area contributed by atoms with Crippen LogP contribution in [-0.2, 0) is 0 Å². The molecule has 0 spiro atoms. The van der Waals surface area contributed by atoms with Crippen molar-refractivity contribution in [2.45, 2.75) is 6.92 Å². The largest absolute Gasteiger partial charge is 0.336 e. The summed E-state index contributed by atoms with van der Waals surface area (Å²) in [7, 11) is 0. The summed E-state index contributed by atoms with van der Waals surface area (Å²) in [6.45, 7) is 2.03. The van der Waals surface area contributed by atoms with Crippen LogP contribution in [0.15, 0.2) is 95.8 Å². The quantitative estimate of drug-likeness (QED) is 0.535. The number of nitrogens with two attached hydrogens (primary N) is 1. The Labute approximate surface area is 158 Å². The van der Waals surface area contributed by atoms with Crippen LogP contribution in [0.4, 0.5) is 0 Å². The second-order valence-electron chi connectivity index (χ2n) is 6.59. The van der Waals surface area contributed by atoms with Gasteiger partial charge in [-0.05, 0) is 29.7 Å². The van der Waals surface area contributed by atoms with Crippen LogP contribution in [0.25, 0.3) is 33.5 Å². The van der Waals surface area contributed by atoms with E-state index in [0.29, 0.717) is 11.3 Å². The predicted molar refractivity (Wildman–Crippen MR) is 112 cm³/mol. The van der Waals surface area contributed by atoms with E-state index < -0.39 is 0 Å². The van der Waals surface area contributed by atoms with Crippen molar-refractivity contribution in [3.8, 4) is 33.5 Å². The molecule has 3 aromatic carbocycles. The lowest BCUT2D eigenvalue weighted by Crippen LogP contribution is -2.30. The van der Waals surface area contributed by atoms with Crippen LogP contribution >= 0.6 is 0 Å². The second kappa shape index (κ2) is 6.96. The Balaban J connectivity index is 2.04. The number of benzene rings is 3. The van der Waals surface area contributed by atoms with Crippen LogP contribution in [0.3, 0.4) is 0 Å². The Morgan fingerprint density at radius 3 is 1.85 bits per heavy atom. The number of nitrogens with zero attached hydrogens (tertiary/aromatic N) is 1. The first-order chi connectivity index (χ1) is 13.1. The molecule has 4 rings (SSSR count). The topological polar surface area (TPSA) is 48.0 Å². The third kappa shape index (κ3) is 3.15. The number of aryl methyl sites for hydroxylation is 1. The summed E-state index contributed by atoms with van der Waals surface area (Å²) in [4.78, 5) is 13.3. The lowest BCUT2D eigenvalue weighted by Gasteiger charge is -2.16. The molecule has 0 atom stereocenters. The van der Waals surface area contributed by atoms with E-state index in [2.05, 4.69) is 0 Å². The Bertz CT molecular complexity index is 1130. The zero-order chi connectivity index (χ0) is 18.8. The lowest BCUT2D eigenvalue weighted by molar-refractivity contribution is 0.951. The molecule has 0 amide bonds. The fraction of sp³-hybridized carbons (Fsp3) is 0.0417. The summed E-state index contributed by atoms with van der Waals surface area (Å²) < 4.78 is 1.25. The van der Waals surface area contributed by atoms with E-state index in [0.717, 1.165) is 27.8 Å². The van der Waals surface area contributed by atoms with Gasteiger partial charge in [0.15, 0.2) is 0 Å². The zero-order valence-electron chi connectivity index (χ0n) is 15.1. The van der Waals surface area contributed by atoms with Gasteiger partial charge in [0.25, 0.3) is 5.56 Å². The highest BCUT2D eigenvalue weighted by Gasteiger charge is 2.17. The van der Waals surface area contributed by atoms with Gasteiger partial charge in [0.1, 0.15) is 0 Å². The Hall–Kier alpha value is -3.59. The van der Waals surface area contributed by atoms with Crippen molar-refractivity contribution in [2.24, 2.45) is 0 Å². The summed E-state index contributed by atoms with van der Waals surface area (Å²) in [5, 5.41) is 0. The molecule has 0 radical (unpaired) electrons. The van der Waals surface area contributed by atoms with Gasteiger partial charge in [-0.15, -0.1) is 0 Å². The Morgan fingerprint density at radius 1 is 0.704 bits per heavy atom. The average Bonchev–Trinajstić information content (AvgIpc) is 2.72. The van der Waals surface area contributed by atoms with Crippen LogP contribution in [0.2, 0.25) is 0 Å². The van der Waals surface area contributed by atoms with Gasteiger partial charge in [0.05, 0.1) is 11.3 Å². The third-order valence-electron chi connectivity index (χ3n) is 4.74. The molecule has 27 heavy (non-hydrogen) atoms. The number of nitrogen functional groups attached to an aromatic ring is 1. The van der Waals surface area contributed by atoms with Crippen molar-refractivity contribution in [3.05, 3.63) is 107 Å². The Morgan fingerprint density at radius 2 is 1.26 bits per heavy atom. The van der Waals surface area contributed by atoms with Gasteiger partial charge in [-0.1, -0.05) is 90.5 Å². The predicted octanol–water partition coefficient (Wildman–Crippen LogP) is 4.87. The molecule has 0 aliphatic carbocycles. The van der Waals surface area contributed by atoms with E-state index in [1.165, 1.54) is 4.68 Å². The first kappa shape index (κ1) is 16.9. The first-order valence-electron chi connectivity index (χ1n) is 8.88. The summed E-state index contributed by atoms with van der Waals surface area (Å²) in [5.74, 6) is 6.24. The molecule has 3 nitrogen and oxygen atoms in total. The van der Waals surface area contributed by atoms with E-state index in [9.17, 15) is 4.79 Å². The van der Waals surface area contributed by atoms with Gasteiger partial charge in [-0.2, -0.15) is 0 Å². The van der Waals surface area contributed by atoms with Crippen molar-refractivity contribution in [1.29, 1.82) is 0 Å². The molecule has 0 saturated heterocycles. The van der Waals surface area contributed by atoms with Crippen LogP contribution in [0.1, 0.15) is 5.56 Å². The van der Waals surface area contributed by atoms with Crippen molar-refractivity contribution < 1.29 is 0 Å². The molecule has 3 heteroatoms. The average molecular weight is 352 g/mol. The SMILES string of the molecule is Cc1ccc(-c2cc(-c3ccccc3)c(-c3ccccc3)c(=O)n2N)cc1. The third-order valence-corrected chi connectivity index (χ3v) is 4.74. The van der Waals surface area contributed by atoms with E-state index in [1.54, 1.807) is 0 Å². The molecule has 1 aromatic heterocycles. The van der Waals surface area contributed by atoms with Crippen LogP contribution < -0.4 is 11.4 Å². The maximum Gasteiger partial charge on any atom is 0.277 e.